The number of amides is 2. The summed E-state index contributed by atoms with van der Waals surface area (Å²) in [5.41, 5.74) is 2.07. The fraction of sp³-hybridized carbons (Fsp3) is 0.192. The van der Waals surface area contributed by atoms with Crippen LogP contribution in [0.5, 0.6) is 5.75 Å². The molecule has 1 aliphatic heterocycles. The lowest BCUT2D eigenvalue weighted by Crippen LogP contribution is -2.39. The Morgan fingerprint density at radius 3 is 2.34 bits per heavy atom. The van der Waals surface area contributed by atoms with Crippen molar-refractivity contribution < 1.29 is 18.7 Å². The highest BCUT2D eigenvalue weighted by Crippen LogP contribution is 2.29. The molecule has 3 aromatic rings. The minimum absolute atomic E-state index is 0.0848. The molecular formula is C26H23ClFN3O3S. The fourth-order valence-electron chi connectivity index (χ4n) is 3.88. The summed E-state index contributed by atoms with van der Waals surface area (Å²) in [5, 5.41) is 3.67. The summed E-state index contributed by atoms with van der Waals surface area (Å²) in [6.45, 7) is 0.390. The number of nitrogens with one attached hydrogen (secondary N) is 1. The van der Waals surface area contributed by atoms with E-state index in [1.165, 1.54) is 17.0 Å². The minimum atomic E-state index is -0.781. The third-order valence-corrected chi connectivity index (χ3v) is 6.38. The van der Waals surface area contributed by atoms with Crippen LogP contribution in [0.2, 0.25) is 5.02 Å². The smallest absolute Gasteiger partial charge is 0.256 e. The maximum absolute atomic E-state index is 13.5. The van der Waals surface area contributed by atoms with Gasteiger partial charge in [0.1, 0.15) is 17.6 Å². The predicted octanol–water partition coefficient (Wildman–Crippen LogP) is 5.06. The monoisotopic (exact) mass is 511 g/mol. The van der Waals surface area contributed by atoms with E-state index in [4.69, 9.17) is 28.6 Å². The zero-order chi connectivity index (χ0) is 24.9. The van der Waals surface area contributed by atoms with Gasteiger partial charge in [0.2, 0.25) is 5.91 Å². The molecule has 4 rings (SSSR count). The van der Waals surface area contributed by atoms with Gasteiger partial charge in [-0.25, -0.2) is 4.39 Å². The first-order chi connectivity index (χ1) is 16.9. The first kappa shape index (κ1) is 24.6. The van der Waals surface area contributed by atoms with E-state index in [9.17, 15) is 14.0 Å². The molecule has 0 aliphatic carbocycles. The number of benzene rings is 3. The summed E-state index contributed by atoms with van der Waals surface area (Å²) in [6, 6.07) is 19.1. The average Bonchev–Trinajstić information content (AvgIpc) is 3.08. The van der Waals surface area contributed by atoms with Gasteiger partial charge in [0.05, 0.1) is 19.2 Å². The number of anilines is 2. The summed E-state index contributed by atoms with van der Waals surface area (Å²) in [6.07, 6.45) is 0.442. The fourth-order valence-corrected chi connectivity index (χ4v) is 4.42. The molecule has 35 heavy (non-hydrogen) atoms. The van der Waals surface area contributed by atoms with Crippen molar-refractivity contribution in [3.8, 4) is 5.75 Å². The summed E-state index contributed by atoms with van der Waals surface area (Å²) >= 11 is 11.7. The molecule has 1 atom stereocenters. The molecule has 0 unspecified atom stereocenters. The highest BCUT2D eigenvalue weighted by molar-refractivity contribution is 7.80. The van der Waals surface area contributed by atoms with Crippen LogP contribution in [-0.4, -0.2) is 41.5 Å². The van der Waals surface area contributed by atoms with E-state index in [1.807, 2.05) is 0 Å². The number of halogens is 2. The Bertz CT molecular complexity index is 1220. The number of carbonyl (C=O) groups is 2. The minimum Gasteiger partial charge on any atom is -0.497 e. The Morgan fingerprint density at radius 1 is 1.06 bits per heavy atom. The molecule has 0 bridgehead atoms. The van der Waals surface area contributed by atoms with Crippen LogP contribution in [0.25, 0.3) is 0 Å². The van der Waals surface area contributed by atoms with Crippen molar-refractivity contribution in [2.24, 2.45) is 0 Å². The first-order valence-electron chi connectivity index (χ1n) is 10.9. The summed E-state index contributed by atoms with van der Waals surface area (Å²) in [5.74, 6) is -0.255. The van der Waals surface area contributed by atoms with E-state index >= 15 is 0 Å². The molecule has 1 heterocycles. The zero-order valence-electron chi connectivity index (χ0n) is 18.9. The Balaban J connectivity index is 1.54. The second kappa shape index (κ2) is 10.8. The van der Waals surface area contributed by atoms with E-state index < -0.39 is 6.04 Å². The molecule has 1 aliphatic rings. The van der Waals surface area contributed by atoms with Gasteiger partial charge < -0.3 is 15.0 Å². The molecule has 1 saturated heterocycles. The molecule has 0 saturated carbocycles. The number of rotatable bonds is 8. The topological polar surface area (TPSA) is 61.9 Å². The molecule has 3 aromatic carbocycles. The lowest BCUT2D eigenvalue weighted by Gasteiger charge is -2.24. The van der Waals surface area contributed by atoms with Crippen LogP contribution < -0.4 is 15.0 Å². The SMILES string of the molecule is COc1ccc(NC(=O)C[C@H]2C(=O)N(c3ccc(Cl)cc3)C(=S)N2CCc2ccc(F)cc2)cc1. The Labute approximate surface area is 213 Å². The Hall–Kier alpha value is -3.49. The summed E-state index contributed by atoms with van der Waals surface area (Å²) < 4.78 is 18.4. The molecule has 180 valence electrons. The van der Waals surface area contributed by atoms with Crippen LogP contribution in [0, 0.1) is 5.82 Å². The van der Waals surface area contributed by atoms with Crippen molar-refractivity contribution in [3.05, 3.63) is 89.2 Å². The van der Waals surface area contributed by atoms with E-state index in [1.54, 1.807) is 72.7 Å². The van der Waals surface area contributed by atoms with Crippen molar-refractivity contribution in [2.75, 3.05) is 23.9 Å². The average molecular weight is 512 g/mol. The van der Waals surface area contributed by atoms with Crippen molar-refractivity contribution in [3.63, 3.8) is 0 Å². The number of hydrogen-bond donors (Lipinski definition) is 1. The van der Waals surface area contributed by atoms with Gasteiger partial charge in [0.25, 0.3) is 5.91 Å². The van der Waals surface area contributed by atoms with Gasteiger partial charge in [-0.05, 0) is 84.9 Å². The Morgan fingerprint density at radius 2 is 1.71 bits per heavy atom. The van der Waals surface area contributed by atoms with Crippen molar-refractivity contribution in [1.29, 1.82) is 0 Å². The maximum atomic E-state index is 13.5. The molecule has 0 radical (unpaired) electrons. The number of ether oxygens (including phenoxy) is 1. The molecule has 0 spiro atoms. The van der Waals surface area contributed by atoms with Crippen molar-refractivity contribution in [2.45, 2.75) is 18.9 Å². The number of hydrogen-bond acceptors (Lipinski definition) is 4. The number of carbonyl (C=O) groups excluding carboxylic acids is 2. The van der Waals surface area contributed by atoms with Gasteiger partial charge in [-0.3, -0.25) is 14.5 Å². The van der Waals surface area contributed by atoms with Crippen molar-refractivity contribution in [1.82, 2.24) is 4.90 Å². The third kappa shape index (κ3) is 5.78. The van der Waals surface area contributed by atoms with Crippen LogP contribution in [0.1, 0.15) is 12.0 Å². The van der Waals surface area contributed by atoms with E-state index in [2.05, 4.69) is 5.32 Å². The normalized spacial score (nSPS) is 15.5. The second-order valence-corrected chi connectivity index (χ2v) is 8.80. The Kier molecular flexibility index (Phi) is 7.63. The van der Waals surface area contributed by atoms with Gasteiger partial charge in [0.15, 0.2) is 5.11 Å². The molecule has 1 N–H and O–H groups in total. The quantitative estimate of drug-likeness (QED) is 0.428. The predicted molar refractivity (Wildman–Crippen MR) is 138 cm³/mol. The molecule has 0 aromatic heterocycles. The lowest BCUT2D eigenvalue weighted by molar-refractivity contribution is -0.124. The van der Waals surface area contributed by atoms with Crippen LogP contribution in [0.3, 0.4) is 0 Å². The summed E-state index contributed by atoms with van der Waals surface area (Å²) in [7, 11) is 1.56. The second-order valence-electron chi connectivity index (χ2n) is 8.00. The van der Waals surface area contributed by atoms with Gasteiger partial charge in [0, 0.05) is 17.3 Å². The number of nitrogens with zero attached hydrogens (tertiary/aromatic N) is 2. The standard InChI is InChI=1S/C26H23ClFN3O3S/c1-34-22-12-8-20(9-13-22)29-24(32)16-23-25(33)31(21-10-4-18(27)5-11-21)26(35)30(23)15-14-17-2-6-19(28)7-3-17/h2-13,23H,14-16H2,1H3,(H,29,32)/t23-/m0/s1. The molecule has 2 amide bonds. The largest absolute Gasteiger partial charge is 0.497 e. The van der Waals surface area contributed by atoms with Gasteiger partial charge in [-0.15, -0.1) is 0 Å². The first-order valence-corrected chi connectivity index (χ1v) is 11.7. The van der Waals surface area contributed by atoms with Gasteiger partial charge in [-0.2, -0.15) is 0 Å². The van der Waals surface area contributed by atoms with Crippen LogP contribution in [0.15, 0.2) is 72.8 Å². The van der Waals surface area contributed by atoms with Crippen LogP contribution in [-0.2, 0) is 16.0 Å². The lowest BCUT2D eigenvalue weighted by atomic mass is 10.1. The highest BCUT2D eigenvalue weighted by Gasteiger charge is 2.43. The summed E-state index contributed by atoms with van der Waals surface area (Å²) in [4.78, 5) is 29.5. The molecular weight excluding hydrogens is 489 g/mol. The number of thiocarbonyl (C=S) groups is 1. The van der Waals surface area contributed by atoms with E-state index in [0.29, 0.717) is 40.2 Å². The van der Waals surface area contributed by atoms with Gasteiger partial charge in [-0.1, -0.05) is 23.7 Å². The van der Waals surface area contributed by atoms with Gasteiger partial charge >= 0.3 is 0 Å². The third-order valence-electron chi connectivity index (χ3n) is 5.71. The molecule has 9 heteroatoms. The van der Waals surface area contributed by atoms with Crippen LogP contribution in [0.4, 0.5) is 15.8 Å². The number of methoxy groups -OCH3 is 1. The van der Waals surface area contributed by atoms with E-state index in [0.717, 1.165) is 5.56 Å². The highest BCUT2D eigenvalue weighted by atomic mass is 35.5. The van der Waals surface area contributed by atoms with Crippen LogP contribution >= 0.6 is 23.8 Å². The molecule has 1 fully saturated rings. The zero-order valence-corrected chi connectivity index (χ0v) is 20.5. The maximum Gasteiger partial charge on any atom is 0.256 e. The van der Waals surface area contributed by atoms with Crippen molar-refractivity contribution >= 4 is 52.1 Å². The van der Waals surface area contributed by atoms with E-state index in [-0.39, 0.29) is 24.1 Å². The molecule has 6 nitrogen and oxygen atoms in total.